The maximum atomic E-state index is 10.6. The minimum absolute atomic E-state index is 0.110. The van der Waals surface area contributed by atoms with E-state index in [0.717, 1.165) is 0 Å². The molecule has 2 amide bonds. The van der Waals surface area contributed by atoms with E-state index in [1.165, 1.54) is 107 Å². The van der Waals surface area contributed by atoms with Gasteiger partial charge in [0.15, 0.2) is 0 Å². The molecule has 0 bridgehead atoms. The summed E-state index contributed by atoms with van der Waals surface area (Å²) in [5, 5.41) is 10.1. The molecule has 0 saturated carbocycles. The van der Waals surface area contributed by atoms with Crippen LogP contribution in [0.4, 0.5) is 0 Å². The Morgan fingerprint density at radius 1 is 0.516 bits per heavy atom. The molecule has 0 heterocycles. The molecule has 1 radical (unpaired) electrons. The molecule has 8 rings (SSSR count). The maximum absolute atomic E-state index is 10.6. The molecule has 62 heavy (non-hydrogen) atoms. The number of hydrogen-bond acceptors (Lipinski definition) is 2. The average Bonchev–Trinajstić information content (AvgIpc) is 3.93. The molecule has 2 N–H and O–H groups in total. The van der Waals surface area contributed by atoms with Gasteiger partial charge in [0.1, 0.15) is 0 Å². The fraction of sp³-hybridized carbons (Fsp3) is 0.185. The van der Waals surface area contributed by atoms with Crippen molar-refractivity contribution < 1.29 is 30.4 Å². The monoisotopic (exact) mass is 933 g/mol. The van der Waals surface area contributed by atoms with Gasteiger partial charge in [0, 0.05) is 12.8 Å². The molecule has 0 aliphatic heterocycles. The molecule has 0 aliphatic carbocycles. The van der Waals surface area contributed by atoms with Crippen molar-refractivity contribution in [2.45, 2.75) is 68.2 Å². The molecule has 0 aliphatic rings. The SMILES string of the molecule is CCC(=O)N[B]NC(=O)CC.Cc1cc(C)c(C)c(-c2cccc3[cH-]c(-c4ccccc4)cc23)c1.Cc1cc(C)c(C)c(-c2cccc3[cH-]c(-c4ccccc4)cc23)c1.[Cl][Zr+2][Cl]. The standard InChI is InChI=1S/2C24H21.C6H12BN2O2.2ClH.Zr/c2*1-16-12-17(2)18(3)23(13-16)22-11-7-10-20-14-21(15-24(20)22)19-8-5-4-6-9-19;1-3-5(10)8-7-9-6(11)4-2;;;/h2*4-15H,1-3H3;3-4H2,1-2H3,(H,8,10)(H,9,11);2*1H;/q2*-1;;;;+4/p-2. The van der Waals surface area contributed by atoms with Crippen molar-refractivity contribution in [2.75, 3.05) is 0 Å². The van der Waals surface area contributed by atoms with Gasteiger partial charge in [0.25, 0.3) is 0 Å². The van der Waals surface area contributed by atoms with Gasteiger partial charge in [-0.05, 0) is 74.9 Å². The molecule has 0 atom stereocenters. The molecule has 0 unspecified atom stereocenters. The van der Waals surface area contributed by atoms with E-state index >= 15 is 0 Å². The van der Waals surface area contributed by atoms with Gasteiger partial charge in [-0.15, -0.1) is 69.1 Å². The summed E-state index contributed by atoms with van der Waals surface area (Å²) >= 11 is -0.826. The Kier molecular flexibility index (Phi) is 18.2. The van der Waals surface area contributed by atoms with E-state index in [9.17, 15) is 9.59 Å². The van der Waals surface area contributed by atoms with E-state index in [4.69, 9.17) is 17.0 Å². The number of aryl methyl sites for hydroxylation is 4. The first kappa shape index (κ1) is 48.0. The Balaban J connectivity index is 0.000000182. The fourth-order valence-corrected chi connectivity index (χ4v) is 7.57. The summed E-state index contributed by atoms with van der Waals surface area (Å²) in [6.07, 6.45) is 0.830. The molecule has 4 nitrogen and oxygen atoms in total. The van der Waals surface area contributed by atoms with E-state index in [1.54, 1.807) is 13.8 Å². The number of rotatable bonds is 8. The fourth-order valence-electron chi connectivity index (χ4n) is 7.57. The van der Waals surface area contributed by atoms with Crippen LogP contribution in [0.15, 0.2) is 146 Å². The Hall–Kier alpha value is -4.99. The van der Waals surface area contributed by atoms with Crippen LogP contribution in [0.5, 0.6) is 0 Å². The predicted octanol–water partition coefficient (Wildman–Crippen LogP) is 14.6. The van der Waals surface area contributed by atoms with Crippen LogP contribution in [0.2, 0.25) is 0 Å². The van der Waals surface area contributed by atoms with E-state index < -0.39 is 20.8 Å². The van der Waals surface area contributed by atoms with Crippen molar-refractivity contribution in [3.05, 3.63) is 179 Å². The second kappa shape index (κ2) is 23.5. The van der Waals surface area contributed by atoms with E-state index in [0.29, 0.717) is 12.8 Å². The number of carbonyl (C=O) groups excluding carboxylic acids is 2. The average molecular weight is 936 g/mol. The Bertz CT molecular complexity index is 2550. The van der Waals surface area contributed by atoms with Crippen molar-refractivity contribution in [3.63, 3.8) is 0 Å². The van der Waals surface area contributed by atoms with Gasteiger partial charge < -0.3 is 10.5 Å². The van der Waals surface area contributed by atoms with Crippen LogP contribution >= 0.6 is 17.0 Å². The van der Waals surface area contributed by atoms with Gasteiger partial charge in [0.2, 0.25) is 11.8 Å². The summed E-state index contributed by atoms with van der Waals surface area (Å²) in [6, 6.07) is 52.9. The van der Waals surface area contributed by atoms with Crippen molar-refractivity contribution in [1.29, 1.82) is 0 Å². The molecule has 0 spiro atoms. The number of benzene rings is 6. The van der Waals surface area contributed by atoms with E-state index in [1.807, 2.05) is 0 Å². The normalized spacial score (nSPS) is 10.3. The Morgan fingerprint density at radius 2 is 0.887 bits per heavy atom. The van der Waals surface area contributed by atoms with Crippen LogP contribution in [0.3, 0.4) is 0 Å². The molecule has 8 aromatic rings. The third-order valence-electron chi connectivity index (χ3n) is 11.0. The zero-order chi connectivity index (χ0) is 44.8. The van der Waals surface area contributed by atoms with Crippen LogP contribution in [0, 0.1) is 41.5 Å². The first-order chi connectivity index (χ1) is 29.9. The van der Waals surface area contributed by atoms with E-state index in [-0.39, 0.29) is 11.8 Å². The number of hydrogen-bond donors (Lipinski definition) is 2. The third-order valence-corrected chi connectivity index (χ3v) is 11.0. The van der Waals surface area contributed by atoms with Gasteiger partial charge in [-0.2, -0.15) is 0 Å². The summed E-state index contributed by atoms with van der Waals surface area (Å²) in [5.41, 5.74) is 18.6. The second-order valence-corrected chi connectivity index (χ2v) is 19.1. The molecule has 0 aromatic heterocycles. The van der Waals surface area contributed by atoms with Crippen LogP contribution < -0.4 is 10.5 Å². The first-order valence-electron chi connectivity index (χ1n) is 20.9. The summed E-state index contributed by atoms with van der Waals surface area (Å²) in [6.45, 7) is 16.7. The summed E-state index contributed by atoms with van der Waals surface area (Å²) in [7, 11) is 11.1. The molecule has 8 aromatic carbocycles. The topological polar surface area (TPSA) is 58.2 Å². The summed E-state index contributed by atoms with van der Waals surface area (Å²) < 4.78 is 0. The zero-order valence-electron chi connectivity index (χ0n) is 36.9. The molecule has 8 heteroatoms. The van der Waals surface area contributed by atoms with Gasteiger partial charge >= 0.3 is 45.4 Å². The molecular formula is C54H54BCl2N2O2Zr. The minimum atomic E-state index is -0.826. The number of carbonyl (C=O) groups is 2. The Labute approximate surface area is 387 Å². The molecule has 0 saturated heterocycles. The van der Waals surface area contributed by atoms with Crippen molar-refractivity contribution in [3.8, 4) is 44.5 Å². The number of nitrogens with one attached hydrogen (secondary N) is 2. The quantitative estimate of drug-likeness (QED) is 0.118. The van der Waals surface area contributed by atoms with Crippen LogP contribution in [0.25, 0.3) is 66.1 Å². The number of fused-ring (bicyclic) bond motifs is 2. The van der Waals surface area contributed by atoms with Crippen LogP contribution in [0.1, 0.15) is 60.1 Å². The van der Waals surface area contributed by atoms with E-state index in [2.05, 4.69) is 198 Å². The predicted molar refractivity (Wildman–Crippen MR) is 264 cm³/mol. The third kappa shape index (κ3) is 12.6. The van der Waals surface area contributed by atoms with Crippen molar-refractivity contribution >= 4 is 57.9 Å². The Morgan fingerprint density at radius 3 is 1.24 bits per heavy atom. The molecule has 0 fully saturated rings. The summed E-state index contributed by atoms with van der Waals surface area (Å²) in [5.74, 6) is -0.220. The van der Waals surface area contributed by atoms with Crippen molar-refractivity contribution in [1.82, 2.24) is 10.5 Å². The second-order valence-electron chi connectivity index (χ2n) is 15.4. The number of amides is 2. The van der Waals surface area contributed by atoms with Crippen molar-refractivity contribution in [2.24, 2.45) is 0 Å². The first-order valence-corrected chi connectivity index (χ1v) is 27.2. The molecule has 313 valence electrons. The zero-order valence-corrected chi connectivity index (χ0v) is 40.9. The van der Waals surface area contributed by atoms with Crippen LogP contribution in [-0.4, -0.2) is 19.4 Å². The van der Waals surface area contributed by atoms with Gasteiger partial charge in [-0.1, -0.05) is 156 Å². The van der Waals surface area contributed by atoms with Gasteiger partial charge in [-0.25, -0.2) is 0 Å². The van der Waals surface area contributed by atoms with Gasteiger partial charge in [0.05, 0.1) is 0 Å². The van der Waals surface area contributed by atoms with Crippen LogP contribution in [-0.2, 0) is 30.4 Å². The number of halogens is 2. The summed E-state index contributed by atoms with van der Waals surface area (Å²) in [4.78, 5) is 21.2. The van der Waals surface area contributed by atoms with Gasteiger partial charge in [-0.3, -0.25) is 9.59 Å². The molecular weight excluding hydrogens is 882 g/mol.